The van der Waals surface area contributed by atoms with E-state index in [0.29, 0.717) is 37.0 Å². The lowest BCUT2D eigenvalue weighted by atomic mass is 10.1. The fourth-order valence-electron chi connectivity index (χ4n) is 3.85. The number of nitrogens with zero attached hydrogens (tertiary/aromatic N) is 4. The summed E-state index contributed by atoms with van der Waals surface area (Å²) in [7, 11) is -3.51. The molecule has 1 aliphatic rings. The molecule has 4 aromatic rings. The Labute approximate surface area is 185 Å². The first-order valence-corrected chi connectivity index (χ1v) is 12.5. The van der Waals surface area contributed by atoms with Crippen LogP contribution < -0.4 is 0 Å². The number of hydrogen-bond donors (Lipinski definition) is 0. The quantitative estimate of drug-likeness (QED) is 0.430. The van der Waals surface area contributed by atoms with Crippen LogP contribution in [0.4, 0.5) is 0 Å². The molecular formula is C22H22N4O3S2. The topological polar surface area (TPSA) is 76.8 Å². The molecule has 1 aliphatic heterocycles. The fourth-order valence-corrected chi connectivity index (χ4v) is 6.22. The zero-order chi connectivity index (χ0) is 21.4. The molecule has 5 rings (SSSR count). The molecule has 0 radical (unpaired) electrons. The molecule has 2 aromatic heterocycles. The summed E-state index contributed by atoms with van der Waals surface area (Å²) < 4.78 is 34.8. The fraction of sp³-hybridized carbons (Fsp3) is 0.273. The molecule has 0 unspecified atom stereocenters. The number of morpholine rings is 1. The Morgan fingerprint density at radius 2 is 1.84 bits per heavy atom. The lowest BCUT2D eigenvalue weighted by Crippen LogP contribution is -2.40. The number of sulfonamides is 1. The van der Waals surface area contributed by atoms with Crippen LogP contribution in [0.5, 0.6) is 0 Å². The molecule has 1 saturated heterocycles. The number of benzene rings is 2. The van der Waals surface area contributed by atoms with Crippen LogP contribution in [0, 0.1) is 6.92 Å². The van der Waals surface area contributed by atoms with E-state index < -0.39 is 10.0 Å². The third-order valence-corrected chi connectivity index (χ3v) is 8.34. The van der Waals surface area contributed by atoms with Gasteiger partial charge in [0.1, 0.15) is 0 Å². The largest absolute Gasteiger partial charge is 0.379 e. The number of hydrogen-bond acceptors (Lipinski definition) is 6. The molecule has 31 heavy (non-hydrogen) atoms. The Bertz CT molecular complexity index is 1360. The Hall–Kier alpha value is -2.46. The van der Waals surface area contributed by atoms with Crippen molar-refractivity contribution in [3.05, 3.63) is 65.7 Å². The van der Waals surface area contributed by atoms with E-state index in [2.05, 4.69) is 33.7 Å². The summed E-state index contributed by atoms with van der Waals surface area (Å²) in [5, 5.41) is 10.7. The molecule has 9 heteroatoms. The van der Waals surface area contributed by atoms with Crippen molar-refractivity contribution >= 4 is 38.3 Å². The van der Waals surface area contributed by atoms with Crippen molar-refractivity contribution in [3.8, 4) is 0 Å². The van der Waals surface area contributed by atoms with Gasteiger partial charge in [-0.3, -0.25) is 4.40 Å². The monoisotopic (exact) mass is 454 g/mol. The van der Waals surface area contributed by atoms with Crippen LogP contribution >= 0.6 is 11.8 Å². The number of pyridine rings is 1. The van der Waals surface area contributed by atoms with Crippen LogP contribution in [0.25, 0.3) is 16.6 Å². The summed E-state index contributed by atoms with van der Waals surface area (Å²) in [6, 6.07) is 17.4. The molecule has 0 N–H and O–H groups in total. The molecule has 7 nitrogen and oxygen atoms in total. The van der Waals surface area contributed by atoms with E-state index in [9.17, 15) is 8.42 Å². The van der Waals surface area contributed by atoms with Crippen molar-refractivity contribution < 1.29 is 13.2 Å². The Morgan fingerprint density at radius 1 is 1.03 bits per heavy atom. The SMILES string of the molecule is Cc1cc2nnc(SCc3cccc(S(=O)(=O)N4CCOCC4)c3)n2c2ccccc12. The smallest absolute Gasteiger partial charge is 0.243 e. The van der Waals surface area contributed by atoms with Crippen LogP contribution in [-0.2, 0) is 20.5 Å². The number of thioether (sulfide) groups is 1. The maximum absolute atomic E-state index is 13.0. The average Bonchev–Trinajstić information content (AvgIpc) is 3.21. The first-order valence-electron chi connectivity index (χ1n) is 10.1. The minimum absolute atomic E-state index is 0.319. The van der Waals surface area contributed by atoms with Crippen molar-refractivity contribution in [2.45, 2.75) is 22.7 Å². The van der Waals surface area contributed by atoms with Crippen molar-refractivity contribution in [3.63, 3.8) is 0 Å². The maximum atomic E-state index is 13.0. The van der Waals surface area contributed by atoms with Crippen LogP contribution in [0.15, 0.2) is 64.6 Å². The first kappa shape index (κ1) is 20.4. The Morgan fingerprint density at radius 3 is 2.68 bits per heavy atom. The van der Waals surface area contributed by atoms with Crippen LogP contribution in [-0.4, -0.2) is 53.6 Å². The van der Waals surface area contributed by atoms with Gasteiger partial charge in [0, 0.05) is 24.2 Å². The number of rotatable bonds is 5. The molecule has 0 amide bonds. The molecule has 0 aliphatic carbocycles. The van der Waals surface area contributed by atoms with Gasteiger partial charge in [0.05, 0.1) is 23.6 Å². The highest BCUT2D eigenvalue weighted by Gasteiger charge is 2.26. The number of aryl methyl sites for hydroxylation is 1. The van der Waals surface area contributed by atoms with E-state index in [0.717, 1.165) is 32.8 Å². The average molecular weight is 455 g/mol. The summed E-state index contributed by atoms with van der Waals surface area (Å²) in [4.78, 5) is 0.319. The molecule has 0 saturated carbocycles. The van der Waals surface area contributed by atoms with Gasteiger partial charge in [0.15, 0.2) is 10.8 Å². The van der Waals surface area contributed by atoms with Gasteiger partial charge in [-0.25, -0.2) is 8.42 Å². The number of aromatic nitrogens is 3. The van der Waals surface area contributed by atoms with Crippen LogP contribution in [0.2, 0.25) is 0 Å². The van der Waals surface area contributed by atoms with Gasteiger partial charge in [0.2, 0.25) is 10.0 Å². The molecule has 3 heterocycles. The minimum atomic E-state index is -3.51. The summed E-state index contributed by atoms with van der Waals surface area (Å²) in [5.41, 5.74) is 3.96. The van der Waals surface area contributed by atoms with E-state index in [4.69, 9.17) is 4.74 Å². The van der Waals surface area contributed by atoms with Gasteiger partial charge in [-0.05, 0) is 42.3 Å². The van der Waals surface area contributed by atoms with Crippen LogP contribution in [0.3, 0.4) is 0 Å². The van der Waals surface area contributed by atoms with Gasteiger partial charge in [-0.15, -0.1) is 10.2 Å². The van der Waals surface area contributed by atoms with Gasteiger partial charge < -0.3 is 4.74 Å². The third kappa shape index (κ3) is 3.82. The Kier molecular flexibility index (Phi) is 5.43. The van der Waals surface area contributed by atoms with E-state index in [1.165, 1.54) is 4.31 Å². The van der Waals surface area contributed by atoms with Crippen molar-refractivity contribution in [1.82, 2.24) is 18.9 Å². The third-order valence-electron chi connectivity index (χ3n) is 5.45. The van der Waals surface area contributed by atoms with Gasteiger partial charge >= 0.3 is 0 Å². The highest BCUT2D eigenvalue weighted by molar-refractivity contribution is 7.98. The number of ether oxygens (including phenoxy) is 1. The molecular weight excluding hydrogens is 432 g/mol. The van der Waals surface area contributed by atoms with E-state index in [-0.39, 0.29) is 0 Å². The minimum Gasteiger partial charge on any atom is -0.379 e. The molecule has 0 atom stereocenters. The summed E-state index contributed by atoms with van der Waals surface area (Å²) in [5.74, 6) is 0.593. The summed E-state index contributed by atoms with van der Waals surface area (Å²) in [6.45, 7) is 3.72. The second-order valence-electron chi connectivity index (χ2n) is 7.47. The number of fused-ring (bicyclic) bond motifs is 3. The predicted molar refractivity (Wildman–Crippen MR) is 121 cm³/mol. The van der Waals surface area contributed by atoms with Gasteiger partial charge in [-0.1, -0.05) is 42.1 Å². The zero-order valence-corrected chi connectivity index (χ0v) is 18.7. The standard InChI is InChI=1S/C22H22N4O3S2/c1-16-13-21-23-24-22(26(21)20-8-3-2-7-19(16)20)30-15-17-5-4-6-18(14-17)31(27,28)25-9-11-29-12-10-25/h2-8,13-14H,9-12,15H2,1H3. The van der Waals surface area contributed by atoms with Gasteiger partial charge in [0.25, 0.3) is 0 Å². The van der Waals surface area contributed by atoms with E-state index >= 15 is 0 Å². The lowest BCUT2D eigenvalue weighted by Gasteiger charge is -2.26. The maximum Gasteiger partial charge on any atom is 0.243 e. The number of para-hydroxylation sites is 1. The summed E-state index contributed by atoms with van der Waals surface area (Å²) >= 11 is 1.55. The van der Waals surface area contributed by atoms with Crippen LogP contribution in [0.1, 0.15) is 11.1 Å². The molecule has 160 valence electrons. The second kappa shape index (κ2) is 8.23. The molecule has 0 bridgehead atoms. The van der Waals surface area contributed by atoms with Crippen molar-refractivity contribution in [2.24, 2.45) is 0 Å². The molecule has 2 aromatic carbocycles. The highest BCUT2D eigenvalue weighted by Crippen LogP contribution is 2.28. The van der Waals surface area contributed by atoms with Crippen molar-refractivity contribution in [1.29, 1.82) is 0 Å². The van der Waals surface area contributed by atoms with Crippen molar-refractivity contribution in [2.75, 3.05) is 26.3 Å². The van der Waals surface area contributed by atoms with E-state index in [1.54, 1.807) is 30.0 Å². The van der Waals surface area contributed by atoms with E-state index in [1.807, 2.05) is 24.3 Å². The summed E-state index contributed by atoms with van der Waals surface area (Å²) in [6.07, 6.45) is 0. The molecule has 1 fully saturated rings. The lowest BCUT2D eigenvalue weighted by molar-refractivity contribution is 0.0730. The Balaban J connectivity index is 1.43. The normalized spacial score (nSPS) is 15.6. The molecule has 0 spiro atoms. The van der Waals surface area contributed by atoms with Gasteiger partial charge in [-0.2, -0.15) is 4.31 Å². The highest BCUT2D eigenvalue weighted by atomic mass is 32.2. The second-order valence-corrected chi connectivity index (χ2v) is 10.4. The first-order chi connectivity index (χ1) is 15.0. The predicted octanol–water partition coefficient (Wildman–Crippen LogP) is 3.50. The zero-order valence-electron chi connectivity index (χ0n) is 17.1.